The van der Waals surface area contributed by atoms with Crippen molar-refractivity contribution < 1.29 is 5.11 Å². The average Bonchev–Trinajstić information content (AvgIpc) is 2.13. The summed E-state index contributed by atoms with van der Waals surface area (Å²) in [6.45, 7) is 0.707. The summed E-state index contributed by atoms with van der Waals surface area (Å²) in [7, 11) is 1.86. The second-order valence-electron chi connectivity index (χ2n) is 2.73. The Morgan fingerprint density at radius 3 is 2.92 bits per heavy atom. The van der Waals surface area contributed by atoms with Gasteiger partial charge in [-0.2, -0.15) is 0 Å². The first-order valence-electron chi connectivity index (χ1n) is 4.21. The standard InChI is InChI=1S/C11H13NO/c1-12-8-3-2-5-10-6-4-7-11(13)9-10/h4,6-7,9,12-13H,5,8H2,1H3. The van der Waals surface area contributed by atoms with Crippen LogP contribution >= 0.6 is 0 Å². The molecule has 2 nitrogen and oxygen atoms in total. The molecule has 0 amide bonds. The van der Waals surface area contributed by atoms with Gasteiger partial charge in [0, 0.05) is 6.42 Å². The zero-order chi connectivity index (χ0) is 9.52. The molecule has 0 unspecified atom stereocenters. The molecule has 0 bridgehead atoms. The third-order valence-corrected chi connectivity index (χ3v) is 1.59. The van der Waals surface area contributed by atoms with Crippen molar-refractivity contribution in [3.63, 3.8) is 0 Å². The minimum Gasteiger partial charge on any atom is -0.508 e. The van der Waals surface area contributed by atoms with E-state index in [4.69, 9.17) is 5.11 Å². The molecule has 1 aromatic carbocycles. The van der Waals surface area contributed by atoms with Crippen LogP contribution in [0, 0.1) is 11.8 Å². The topological polar surface area (TPSA) is 32.3 Å². The van der Waals surface area contributed by atoms with E-state index in [1.807, 2.05) is 19.2 Å². The van der Waals surface area contributed by atoms with Crippen LogP contribution in [0.3, 0.4) is 0 Å². The van der Waals surface area contributed by atoms with Crippen molar-refractivity contribution >= 4 is 0 Å². The van der Waals surface area contributed by atoms with Gasteiger partial charge >= 0.3 is 0 Å². The van der Waals surface area contributed by atoms with E-state index in [9.17, 15) is 0 Å². The Balaban J connectivity index is 2.51. The molecule has 1 rings (SSSR count). The van der Waals surface area contributed by atoms with Crippen LogP contribution < -0.4 is 5.32 Å². The van der Waals surface area contributed by atoms with Crippen LogP contribution in [0.1, 0.15) is 5.56 Å². The van der Waals surface area contributed by atoms with E-state index in [-0.39, 0.29) is 0 Å². The van der Waals surface area contributed by atoms with Crippen molar-refractivity contribution in [1.82, 2.24) is 5.32 Å². The first-order valence-corrected chi connectivity index (χ1v) is 4.21. The smallest absolute Gasteiger partial charge is 0.115 e. The molecule has 0 radical (unpaired) electrons. The minimum atomic E-state index is 0.299. The highest BCUT2D eigenvalue weighted by atomic mass is 16.3. The lowest BCUT2D eigenvalue weighted by atomic mass is 10.1. The van der Waals surface area contributed by atoms with Gasteiger partial charge in [-0.25, -0.2) is 0 Å². The molecular formula is C11H13NO. The van der Waals surface area contributed by atoms with Gasteiger partial charge < -0.3 is 10.4 Å². The average molecular weight is 175 g/mol. The summed E-state index contributed by atoms with van der Waals surface area (Å²) in [4.78, 5) is 0. The molecule has 68 valence electrons. The van der Waals surface area contributed by atoms with Crippen LogP contribution in [0.4, 0.5) is 0 Å². The van der Waals surface area contributed by atoms with Crippen LogP contribution in [0.5, 0.6) is 5.75 Å². The number of rotatable bonds is 2. The molecular weight excluding hydrogens is 162 g/mol. The highest BCUT2D eigenvalue weighted by molar-refractivity contribution is 5.29. The molecule has 0 fully saturated rings. The van der Waals surface area contributed by atoms with Crippen molar-refractivity contribution in [3.8, 4) is 17.6 Å². The second kappa shape index (κ2) is 5.23. The monoisotopic (exact) mass is 175 g/mol. The van der Waals surface area contributed by atoms with Gasteiger partial charge in [-0.15, -0.1) is 0 Å². The number of benzene rings is 1. The summed E-state index contributed by atoms with van der Waals surface area (Å²) < 4.78 is 0. The van der Waals surface area contributed by atoms with E-state index >= 15 is 0 Å². The first-order chi connectivity index (χ1) is 6.33. The van der Waals surface area contributed by atoms with E-state index in [1.165, 1.54) is 0 Å². The summed E-state index contributed by atoms with van der Waals surface area (Å²) >= 11 is 0. The number of nitrogens with one attached hydrogen (secondary N) is 1. The molecule has 0 saturated heterocycles. The van der Waals surface area contributed by atoms with Crippen LogP contribution in [0.25, 0.3) is 0 Å². The quantitative estimate of drug-likeness (QED) is 0.661. The van der Waals surface area contributed by atoms with Crippen molar-refractivity contribution in [2.24, 2.45) is 0 Å². The Morgan fingerprint density at radius 2 is 2.23 bits per heavy atom. The molecule has 0 spiro atoms. The highest BCUT2D eigenvalue weighted by Crippen LogP contribution is 2.10. The Hall–Kier alpha value is -1.46. The molecule has 0 aliphatic rings. The Labute approximate surface area is 78.6 Å². The maximum Gasteiger partial charge on any atom is 0.115 e. The van der Waals surface area contributed by atoms with E-state index in [0.29, 0.717) is 18.7 Å². The van der Waals surface area contributed by atoms with Gasteiger partial charge in [0.05, 0.1) is 6.54 Å². The number of phenols is 1. The summed E-state index contributed by atoms with van der Waals surface area (Å²) in [5.41, 5.74) is 1.05. The molecule has 13 heavy (non-hydrogen) atoms. The third kappa shape index (κ3) is 3.64. The maximum absolute atomic E-state index is 9.16. The lowest BCUT2D eigenvalue weighted by Gasteiger charge is -1.95. The molecule has 0 aromatic heterocycles. The number of hydrogen-bond donors (Lipinski definition) is 2. The van der Waals surface area contributed by atoms with Crippen LogP contribution in [0.15, 0.2) is 24.3 Å². The largest absolute Gasteiger partial charge is 0.508 e. The Bertz CT molecular complexity index is 322. The predicted molar refractivity (Wildman–Crippen MR) is 53.5 cm³/mol. The van der Waals surface area contributed by atoms with Crippen molar-refractivity contribution in [2.75, 3.05) is 13.6 Å². The van der Waals surface area contributed by atoms with Gasteiger partial charge in [0.15, 0.2) is 0 Å². The number of aromatic hydroxyl groups is 1. The van der Waals surface area contributed by atoms with Crippen molar-refractivity contribution in [3.05, 3.63) is 29.8 Å². The SMILES string of the molecule is CNCC#CCc1cccc(O)c1. The van der Waals surface area contributed by atoms with Crippen LogP contribution in [-0.4, -0.2) is 18.7 Å². The lowest BCUT2D eigenvalue weighted by Crippen LogP contribution is -2.04. The Morgan fingerprint density at radius 1 is 1.38 bits per heavy atom. The molecule has 2 heteroatoms. The predicted octanol–water partition coefficient (Wildman–Crippen LogP) is 1.16. The van der Waals surface area contributed by atoms with Crippen molar-refractivity contribution in [1.29, 1.82) is 0 Å². The zero-order valence-electron chi connectivity index (χ0n) is 7.67. The molecule has 2 N–H and O–H groups in total. The number of hydrogen-bond acceptors (Lipinski definition) is 2. The van der Waals surface area contributed by atoms with Gasteiger partial charge in [-0.3, -0.25) is 0 Å². The van der Waals surface area contributed by atoms with E-state index in [1.54, 1.807) is 12.1 Å². The van der Waals surface area contributed by atoms with Gasteiger partial charge in [0.1, 0.15) is 5.75 Å². The summed E-state index contributed by atoms with van der Waals surface area (Å²) in [6, 6.07) is 7.16. The number of phenolic OH excluding ortho intramolecular Hbond substituents is 1. The van der Waals surface area contributed by atoms with E-state index < -0.39 is 0 Å². The highest BCUT2D eigenvalue weighted by Gasteiger charge is 1.90. The first kappa shape index (κ1) is 9.63. The lowest BCUT2D eigenvalue weighted by molar-refractivity contribution is 0.475. The third-order valence-electron chi connectivity index (χ3n) is 1.59. The second-order valence-corrected chi connectivity index (χ2v) is 2.73. The molecule has 0 aliphatic carbocycles. The van der Waals surface area contributed by atoms with Crippen LogP contribution in [-0.2, 0) is 6.42 Å². The van der Waals surface area contributed by atoms with E-state index in [2.05, 4.69) is 17.2 Å². The minimum absolute atomic E-state index is 0.299. The fourth-order valence-corrected chi connectivity index (χ4v) is 0.982. The van der Waals surface area contributed by atoms with Gasteiger partial charge in [0.2, 0.25) is 0 Å². The van der Waals surface area contributed by atoms with Gasteiger partial charge in [0.25, 0.3) is 0 Å². The fraction of sp³-hybridized carbons (Fsp3) is 0.273. The molecule has 1 aromatic rings. The molecule has 0 saturated carbocycles. The Kier molecular flexibility index (Phi) is 3.87. The zero-order valence-corrected chi connectivity index (χ0v) is 7.67. The fourth-order valence-electron chi connectivity index (χ4n) is 0.982. The van der Waals surface area contributed by atoms with Crippen LogP contribution in [0.2, 0.25) is 0 Å². The summed E-state index contributed by atoms with van der Waals surface area (Å²) in [5.74, 6) is 6.27. The van der Waals surface area contributed by atoms with Crippen molar-refractivity contribution in [2.45, 2.75) is 6.42 Å². The normalized spacial score (nSPS) is 9.00. The molecule has 0 atom stereocenters. The molecule has 0 heterocycles. The van der Waals surface area contributed by atoms with E-state index in [0.717, 1.165) is 5.56 Å². The summed E-state index contributed by atoms with van der Waals surface area (Å²) in [5, 5.41) is 12.1. The molecule has 0 aliphatic heterocycles. The van der Waals surface area contributed by atoms with Gasteiger partial charge in [-0.05, 0) is 24.7 Å². The summed E-state index contributed by atoms with van der Waals surface area (Å²) in [6.07, 6.45) is 0.691. The van der Waals surface area contributed by atoms with Gasteiger partial charge in [-0.1, -0.05) is 24.0 Å². The maximum atomic E-state index is 9.16.